The second-order valence-electron chi connectivity index (χ2n) is 4.01. The van der Waals surface area contributed by atoms with E-state index in [0.29, 0.717) is 5.84 Å². The van der Waals surface area contributed by atoms with Crippen LogP contribution in [0.3, 0.4) is 0 Å². The van der Waals surface area contributed by atoms with Crippen molar-refractivity contribution in [2.75, 3.05) is 33.2 Å². The molecule has 0 aromatic carbocycles. The van der Waals surface area contributed by atoms with Crippen LogP contribution in [-0.4, -0.2) is 58.6 Å². The zero-order valence-electron chi connectivity index (χ0n) is 9.27. The molecule has 2 rings (SSSR count). The second kappa shape index (κ2) is 4.02. The van der Waals surface area contributed by atoms with Crippen molar-refractivity contribution in [1.29, 1.82) is 5.41 Å². The monoisotopic (exact) mass is 207 g/mol. The molecule has 0 saturated carbocycles. The Morgan fingerprint density at radius 1 is 1.27 bits per heavy atom. The Balaban J connectivity index is 2.02. The fraction of sp³-hybridized carbons (Fsp3) is 0.600. The van der Waals surface area contributed by atoms with Gasteiger partial charge in [-0.25, -0.2) is 0 Å². The topological polar surface area (TPSA) is 48.2 Å². The van der Waals surface area contributed by atoms with Crippen LogP contribution in [0.25, 0.3) is 0 Å². The molecular formula is C10H17N5. The van der Waals surface area contributed by atoms with Gasteiger partial charge in [0.25, 0.3) is 0 Å². The highest BCUT2D eigenvalue weighted by Crippen LogP contribution is 2.05. The minimum Gasteiger partial charge on any atom is -0.353 e. The maximum atomic E-state index is 8.03. The summed E-state index contributed by atoms with van der Waals surface area (Å²) in [4.78, 5) is 4.37. The highest BCUT2D eigenvalue weighted by Gasteiger charge is 2.18. The van der Waals surface area contributed by atoms with Gasteiger partial charge in [0.1, 0.15) is 11.5 Å². The summed E-state index contributed by atoms with van der Waals surface area (Å²) in [5.41, 5.74) is 0.766. The molecule has 0 bridgehead atoms. The quantitative estimate of drug-likeness (QED) is 0.520. The van der Waals surface area contributed by atoms with Crippen molar-refractivity contribution in [2.45, 2.75) is 0 Å². The van der Waals surface area contributed by atoms with Gasteiger partial charge in [0.15, 0.2) is 0 Å². The predicted molar refractivity (Wildman–Crippen MR) is 59.1 cm³/mol. The Kier molecular flexibility index (Phi) is 2.73. The smallest absolute Gasteiger partial charge is 0.149 e. The first-order valence-corrected chi connectivity index (χ1v) is 5.19. The first-order valence-electron chi connectivity index (χ1n) is 5.19. The molecule has 15 heavy (non-hydrogen) atoms. The number of amidine groups is 1. The standard InChI is InChI=1S/C10H17N5/c1-13-5-7-15(8-6-13)10(11)9-3-4-14(2)12-9/h3-4,11H,5-8H2,1-2H3. The lowest BCUT2D eigenvalue weighted by atomic mass is 10.3. The summed E-state index contributed by atoms with van der Waals surface area (Å²) in [7, 11) is 3.99. The minimum absolute atomic E-state index is 0.545. The molecule has 5 nitrogen and oxygen atoms in total. The van der Waals surface area contributed by atoms with E-state index in [4.69, 9.17) is 5.41 Å². The summed E-state index contributed by atoms with van der Waals surface area (Å²) in [6, 6.07) is 1.89. The van der Waals surface area contributed by atoms with E-state index in [-0.39, 0.29) is 0 Å². The SMILES string of the molecule is CN1CCN(C(=N)c2ccn(C)n2)CC1. The molecule has 1 aromatic heterocycles. The van der Waals surface area contributed by atoms with Gasteiger partial charge in [0.2, 0.25) is 0 Å². The van der Waals surface area contributed by atoms with Crippen molar-refractivity contribution in [1.82, 2.24) is 19.6 Å². The molecule has 1 aromatic rings. The lowest BCUT2D eigenvalue weighted by molar-refractivity contribution is 0.215. The zero-order chi connectivity index (χ0) is 10.8. The fourth-order valence-corrected chi connectivity index (χ4v) is 1.73. The van der Waals surface area contributed by atoms with E-state index in [1.54, 1.807) is 4.68 Å². The van der Waals surface area contributed by atoms with E-state index in [0.717, 1.165) is 31.9 Å². The average molecular weight is 207 g/mol. The number of hydrogen-bond acceptors (Lipinski definition) is 3. The van der Waals surface area contributed by atoms with Crippen molar-refractivity contribution in [2.24, 2.45) is 7.05 Å². The van der Waals surface area contributed by atoms with E-state index in [1.807, 2.05) is 19.3 Å². The van der Waals surface area contributed by atoms with Crippen LogP contribution in [0.5, 0.6) is 0 Å². The Labute approximate surface area is 89.8 Å². The number of nitrogens with one attached hydrogen (secondary N) is 1. The van der Waals surface area contributed by atoms with Crippen LogP contribution in [0.2, 0.25) is 0 Å². The lowest BCUT2D eigenvalue weighted by Gasteiger charge is -2.33. The largest absolute Gasteiger partial charge is 0.353 e. The second-order valence-corrected chi connectivity index (χ2v) is 4.01. The molecular weight excluding hydrogens is 190 g/mol. The van der Waals surface area contributed by atoms with Gasteiger partial charge in [-0.1, -0.05) is 0 Å². The van der Waals surface area contributed by atoms with E-state index in [1.165, 1.54) is 0 Å². The van der Waals surface area contributed by atoms with Crippen LogP contribution in [0.15, 0.2) is 12.3 Å². The van der Waals surface area contributed by atoms with Gasteiger partial charge in [-0.2, -0.15) is 5.10 Å². The summed E-state index contributed by atoms with van der Waals surface area (Å²) in [5, 5.41) is 12.3. The van der Waals surface area contributed by atoms with Gasteiger partial charge in [-0.05, 0) is 13.1 Å². The molecule has 1 saturated heterocycles. The van der Waals surface area contributed by atoms with Crippen molar-refractivity contribution >= 4 is 5.84 Å². The Morgan fingerprint density at radius 3 is 2.47 bits per heavy atom. The van der Waals surface area contributed by atoms with E-state index < -0.39 is 0 Å². The number of hydrogen-bond donors (Lipinski definition) is 1. The van der Waals surface area contributed by atoms with E-state index in [2.05, 4.69) is 21.9 Å². The number of likely N-dealkylation sites (N-methyl/N-ethyl adjacent to an activating group) is 1. The molecule has 0 radical (unpaired) electrons. The molecule has 0 unspecified atom stereocenters. The third kappa shape index (κ3) is 2.18. The van der Waals surface area contributed by atoms with Crippen LogP contribution < -0.4 is 0 Å². The Morgan fingerprint density at radius 2 is 1.93 bits per heavy atom. The van der Waals surface area contributed by atoms with Crippen molar-refractivity contribution in [3.05, 3.63) is 18.0 Å². The highest BCUT2D eigenvalue weighted by atomic mass is 15.3. The number of aryl methyl sites for hydroxylation is 1. The first kappa shape index (κ1) is 10.2. The molecule has 0 spiro atoms. The van der Waals surface area contributed by atoms with Crippen molar-refractivity contribution in [3.8, 4) is 0 Å². The summed E-state index contributed by atoms with van der Waals surface area (Å²) in [5.74, 6) is 0.545. The Bertz CT molecular complexity index is 348. The zero-order valence-corrected chi connectivity index (χ0v) is 9.27. The summed E-state index contributed by atoms with van der Waals surface area (Å²) in [6.45, 7) is 3.89. The van der Waals surface area contributed by atoms with E-state index in [9.17, 15) is 0 Å². The highest BCUT2D eigenvalue weighted by molar-refractivity contribution is 5.94. The van der Waals surface area contributed by atoms with Gasteiger partial charge < -0.3 is 9.80 Å². The van der Waals surface area contributed by atoms with Gasteiger partial charge in [-0.15, -0.1) is 0 Å². The maximum absolute atomic E-state index is 8.03. The molecule has 1 aliphatic rings. The van der Waals surface area contributed by atoms with Gasteiger partial charge in [-0.3, -0.25) is 10.1 Å². The number of piperazine rings is 1. The maximum Gasteiger partial charge on any atom is 0.149 e. The summed E-state index contributed by atoms with van der Waals surface area (Å²) in [6.07, 6.45) is 1.87. The summed E-state index contributed by atoms with van der Waals surface area (Å²) >= 11 is 0. The number of nitrogens with zero attached hydrogens (tertiary/aromatic N) is 4. The first-order chi connectivity index (χ1) is 7.16. The Hall–Kier alpha value is -1.36. The third-order valence-corrected chi connectivity index (χ3v) is 2.78. The predicted octanol–water partition coefficient (Wildman–Crippen LogP) is -0.00713. The fourth-order valence-electron chi connectivity index (χ4n) is 1.73. The van der Waals surface area contributed by atoms with Crippen LogP contribution >= 0.6 is 0 Å². The van der Waals surface area contributed by atoms with Crippen LogP contribution in [0.4, 0.5) is 0 Å². The molecule has 5 heteroatoms. The third-order valence-electron chi connectivity index (χ3n) is 2.78. The van der Waals surface area contributed by atoms with Crippen molar-refractivity contribution in [3.63, 3.8) is 0 Å². The van der Waals surface area contributed by atoms with Gasteiger partial charge >= 0.3 is 0 Å². The average Bonchev–Trinajstić information content (AvgIpc) is 2.65. The van der Waals surface area contributed by atoms with Crippen LogP contribution in [-0.2, 0) is 7.05 Å². The van der Waals surface area contributed by atoms with Crippen molar-refractivity contribution < 1.29 is 0 Å². The van der Waals surface area contributed by atoms with Gasteiger partial charge in [0, 0.05) is 39.4 Å². The molecule has 1 fully saturated rings. The molecule has 82 valence electrons. The molecule has 1 N–H and O–H groups in total. The van der Waals surface area contributed by atoms with Crippen LogP contribution in [0, 0.1) is 5.41 Å². The number of rotatable bonds is 1. The van der Waals surface area contributed by atoms with Crippen LogP contribution in [0.1, 0.15) is 5.69 Å². The summed E-state index contributed by atoms with van der Waals surface area (Å²) < 4.78 is 1.74. The molecule has 0 atom stereocenters. The number of aromatic nitrogens is 2. The minimum atomic E-state index is 0.545. The van der Waals surface area contributed by atoms with Gasteiger partial charge in [0.05, 0.1) is 0 Å². The molecule has 2 heterocycles. The molecule has 0 aliphatic carbocycles. The molecule has 0 amide bonds. The van der Waals surface area contributed by atoms with E-state index >= 15 is 0 Å². The normalized spacial score (nSPS) is 18.1. The lowest BCUT2D eigenvalue weighted by Crippen LogP contribution is -2.47. The molecule has 1 aliphatic heterocycles.